The number of hydrogen-bond donors (Lipinski definition) is 2. The SMILES string of the molecule is Cc1cc(C)nc(/N=C(/N)Nc2cc(C)on2)n1. The van der Waals surface area contributed by atoms with E-state index >= 15 is 0 Å². The average molecular weight is 246 g/mol. The van der Waals surface area contributed by atoms with Gasteiger partial charge in [-0.2, -0.15) is 4.99 Å². The van der Waals surface area contributed by atoms with Crippen LogP contribution in [0.5, 0.6) is 0 Å². The molecule has 0 unspecified atom stereocenters. The van der Waals surface area contributed by atoms with Crippen LogP contribution in [0.4, 0.5) is 11.8 Å². The predicted octanol–water partition coefficient (Wildman–Crippen LogP) is 1.45. The first-order valence-corrected chi connectivity index (χ1v) is 5.40. The monoisotopic (exact) mass is 246 g/mol. The fourth-order valence-corrected chi connectivity index (χ4v) is 1.45. The summed E-state index contributed by atoms with van der Waals surface area (Å²) >= 11 is 0. The quantitative estimate of drug-likeness (QED) is 0.614. The number of aliphatic imine (C=N–C) groups is 1. The van der Waals surface area contributed by atoms with Crippen molar-refractivity contribution in [2.45, 2.75) is 20.8 Å². The van der Waals surface area contributed by atoms with Gasteiger partial charge in [-0.05, 0) is 26.8 Å². The zero-order valence-corrected chi connectivity index (χ0v) is 10.4. The van der Waals surface area contributed by atoms with Gasteiger partial charge in [-0.3, -0.25) is 0 Å². The minimum atomic E-state index is 0.160. The maximum Gasteiger partial charge on any atom is 0.253 e. The summed E-state index contributed by atoms with van der Waals surface area (Å²) in [6, 6.07) is 3.58. The molecule has 7 nitrogen and oxygen atoms in total. The minimum Gasteiger partial charge on any atom is -0.369 e. The number of nitrogens with zero attached hydrogens (tertiary/aromatic N) is 4. The Kier molecular flexibility index (Phi) is 3.22. The highest BCUT2D eigenvalue weighted by Gasteiger charge is 2.03. The number of rotatable bonds is 2. The Hall–Kier alpha value is -2.44. The van der Waals surface area contributed by atoms with Crippen molar-refractivity contribution in [1.29, 1.82) is 0 Å². The van der Waals surface area contributed by atoms with E-state index in [2.05, 4.69) is 25.4 Å². The topological polar surface area (TPSA) is 102 Å². The molecule has 0 aliphatic carbocycles. The van der Waals surface area contributed by atoms with Crippen LogP contribution in [0, 0.1) is 20.8 Å². The van der Waals surface area contributed by atoms with E-state index in [-0.39, 0.29) is 5.96 Å². The molecule has 2 rings (SSSR count). The molecule has 3 N–H and O–H groups in total. The van der Waals surface area contributed by atoms with Crippen molar-refractivity contribution in [3.05, 3.63) is 29.3 Å². The number of aryl methyl sites for hydroxylation is 3. The molecule has 0 saturated carbocycles. The van der Waals surface area contributed by atoms with E-state index in [0.29, 0.717) is 17.5 Å². The first-order chi connectivity index (χ1) is 8.52. The van der Waals surface area contributed by atoms with Gasteiger partial charge >= 0.3 is 0 Å². The van der Waals surface area contributed by atoms with Crippen LogP contribution in [0.2, 0.25) is 0 Å². The van der Waals surface area contributed by atoms with Gasteiger partial charge in [0.2, 0.25) is 5.96 Å². The molecule has 0 atom stereocenters. The van der Waals surface area contributed by atoms with Gasteiger partial charge in [0, 0.05) is 17.5 Å². The van der Waals surface area contributed by atoms with Gasteiger partial charge in [0.1, 0.15) is 5.76 Å². The molecular formula is C11H14N6O. The van der Waals surface area contributed by atoms with E-state index in [4.69, 9.17) is 10.3 Å². The van der Waals surface area contributed by atoms with E-state index < -0.39 is 0 Å². The highest BCUT2D eigenvalue weighted by Crippen LogP contribution is 2.09. The molecule has 7 heteroatoms. The summed E-state index contributed by atoms with van der Waals surface area (Å²) in [5.74, 6) is 1.66. The summed E-state index contributed by atoms with van der Waals surface area (Å²) in [4.78, 5) is 12.4. The molecule has 0 fully saturated rings. The lowest BCUT2D eigenvalue weighted by atomic mass is 10.4. The van der Waals surface area contributed by atoms with Crippen molar-refractivity contribution >= 4 is 17.7 Å². The Morgan fingerprint density at radius 1 is 1.22 bits per heavy atom. The van der Waals surface area contributed by atoms with Crippen molar-refractivity contribution in [2.24, 2.45) is 10.7 Å². The largest absolute Gasteiger partial charge is 0.369 e. The summed E-state index contributed by atoms with van der Waals surface area (Å²) in [6.45, 7) is 5.54. The van der Waals surface area contributed by atoms with Gasteiger partial charge in [0.15, 0.2) is 5.82 Å². The van der Waals surface area contributed by atoms with Crippen molar-refractivity contribution in [2.75, 3.05) is 5.32 Å². The number of nitrogens with two attached hydrogens (primary N) is 1. The van der Waals surface area contributed by atoms with Crippen LogP contribution in [0.25, 0.3) is 0 Å². The van der Waals surface area contributed by atoms with Crippen LogP contribution in [-0.4, -0.2) is 21.1 Å². The van der Waals surface area contributed by atoms with Gasteiger partial charge in [0.25, 0.3) is 5.95 Å². The Labute approximate surface area is 104 Å². The van der Waals surface area contributed by atoms with Gasteiger partial charge < -0.3 is 15.6 Å². The van der Waals surface area contributed by atoms with Gasteiger partial charge in [0.05, 0.1) is 0 Å². The summed E-state index contributed by atoms with van der Waals surface area (Å²) in [6.07, 6.45) is 0. The van der Waals surface area contributed by atoms with Crippen molar-refractivity contribution < 1.29 is 4.52 Å². The molecule has 0 spiro atoms. The molecule has 2 aromatic rings. The maximum absolute atomic E-state index is 5.72. The van der Waals surface area contributed by atoms with Gasteiger partial charge in [-0.25, -0.2) is 9.97 Å². The van der Waals surface area contributed by atoms with E-state index in [1.165, 1.54) is 0 Å². The summed E-state index contributed by atoms with van der Waals surface area (Å²) in [7, 11) is 0. The molecule has 0 aliphatic rings. The van der Waals surface area contributed by atoms with Crippen LogP contribution >= 0.6 is 0 Å². The van der Waals surface area contributed by atoms with E-state index in [9.17, 15) is 0 Å². The maximum atomic E-state index is 5.72. The van der Waals surface area contributed by atoms with E-state index in [1.807, 2.05) is 19.9 Å². The molecule has 18 heavy (non-hydrogen) atoms. The van der Waals surface area contributed by atoms with Crippen LogP contribution in [0.3, 0.4) is 0 Å². The standard InChI is InChI=1S/C11H14N6O/c1-6-4-7(2)14-11(13-6)16-10(12)15-9-5-8(3)18-17-9/h4-5H,1-3H3,(H3,12,13,14,15,16,17). The lowest BCUT2D eigenvalue weighted by molar-refractivity contribution is 0.400. The highest BCUT2D eigenvalue weighted by molar-refractivity contribution is 5.92. The predicted molar refractivity (Wildman–Crippen MR) is 67.7 cm³/mol. The Bertz CT molecular complexity index is 569. The number of guanidine groups is 1. The Morgan fingerprint density at radius 3 is 2.44 bits per heavy atom. The lowest BCUT2D eigenvalue weighted by Crippen LogP contribution is -2.22. The van der Waals surface area contributed by atoms with Gasteiger partial charge in [-0.15, -0.1) is 0 Å². The highest BCUT2D eigenvalue weighted by atomic mass is 16.5. The fourth-order valence-electron chi connectivity index (χ4n) is 1.45. The van der Waals surface area contributed by atoms with E-state index in [0.717, 1.165) is 11.4 Å². The summed E-state index contributed by atoms with van der Waals surface area (Å²) in [5, 5.41) is 6.54. The molecular weight excluding hydrogens is 232 g/mol. The fraction of sp³-hybridized carbons (Fsp3) is 0.273. The number of nitrogens with one attached hydrogen (secondary N) is 1. The van der Waals surface area contributed by atoms with Crippen LogP contribution in [0.1, 0.15) is 17.1 Å². The van der Waals surface area contributed by atoms with E-state index in [1.54, 1.807) is 13.0 Å². The summed E-state index contributed by atoms with van der Waals surface area (Å²) < 4.78 is 4.90. The molecule has 0 bridgehead atoms. The lowest BCUT2D eigenvalue weighted by Gasteiger charge is -2.01. The second-order valence-electron chi connectivity index (χ2n) is 3.90. The third-order valence-electron chi connectivity index (χ3n) is 2.08. The molecule has 0 saturated heterocycles. The van der Waals surface area contributed by atoms with Crippen molar-refractivity contribution in [1.82, 2.24) is 15.1 Å². The van der Waals surface area contributed by atoms with Gasteiger partial charge in [-0.1, -0.05) is 5.16 Å². The minimum absolute atomic E-state index is 0.160. The molecule has 94 valence electrons. The van der Waals surface area contributed by atoms with Crippen LogP contribution in [0.15, 0.2) is 21.6 Å². The second kappa shape index (κ2) is 4.82. The molecule has 0 radical (unpaired) electrons. The molecule has 0 aliphatic heterocycles. The molecule has 2 aromatic heterocycles. The van der Waals surface area contributed by atoms with Crippen LogP contribution < -0.4 is 11.1 Å². The second-order valence-corrected chi connectivity index (χ2v) is 3.90. The smallest absolute Gasteiger partial charge is 0.253 e. The van der Waals surface area contributed by atoms with Crippen molar-refractivity contribution in [3.63, 3.8) is 0 Å². The average Bonchev–Trinajstić information content (AvgIpc) is 2.61. The first-order valence-electron chi connectivity index (χ1n) is 5.40. The number of anilines is 1. The third-order valence-corrected chi connectivity index (χ3v) is 2.08. The normalized spacial score (nSPS) is 11.6. The molecule has 0 amide bonds. The Balaban J connectivity index is 2.17. The Morgan fingerprint density at radius 2 is 1.89 bits per heavy atom. The zero-order valence-electron chi connectivity index (χ0n) is 10.4. The third kappa shape index (κ3) is 3.03. The summed E-state index contributed by atoms with van der Waals surface area (Å²) in [5.41, 5.74) is 7.40. The zero-order chi connectivity index (χ0) is 13.1. The molecule has 2 heterocycles. The van der Waals surface area contributed by atoms with Crippen LogP contribution in [-0.2, 0) is 0 Å². The molecule has 0 aromatic carbocycles. The number of aromatic nitrogens is 3. The van der Waals surface area contributed by atoms with Crippen molar-refractivity contribution in [3.8, 4) is 0 Å². The first kappa shape index (κ1) is 12.0. The number of hydrogen-bond acceptors (Lipinski definition) is 5.